The van der Waals surface area contributed by atoms with E-state index in [1.54, 1.807) is 69.7 Å². The van der Waals surface area contributed by atoms with Crippen molar-refractivity contribution in [3.63, 3.8) is 0 Å². The molecule has 12 nitrogen and oxygen atoms in total. The highest BCUT2D eigenvalue weighted by Crippen LogP contribution is 2.59. The SMILES string of the molecule is CC(=C1Sc2cc3c(cc2S1)OCCOCCOCCOCCOCCO3)c1sccc1-c1ccsc1C(C)=C1Sc2cc3c(cc2S1)OCCOCCOCCOCCOCCO3. The molecule has 0 radical (unpaired) electrons. The first kappa shape index (κ1) is 48.1. The third kappa shape index (κ3) is 13.4. The standard InChI is InChI=1S/C46H54O12S6/c1-31(45-61-39-27-35-36(28-40(39)62-45)56-22-18-52-14-10-48-6-5-47-9-13-51-17-21-55-35)43-33(3-25-59-43)34-4-26-60-44(34)32(2)46-63-41-29-37-38(30-42(41)64-46)58-24-20-54-16-12-50-8-7-49-11-15-53-19-23-57-37/h3-4,25-30H,5-24H2,1-2H3. The van der Waals surface area contributed by atoms with Gasteiger partial charge in [-0.3, -0.25) is 0 Å². The molecule has 8 rings (SSSR count). The quantitative estimate of drug-likeness (QED) is 0.194. The number of fused-ring (bicyclic) bond motifs is 4. The lowest BCUT2D eigenvalue weighted by molar-refractivity contribution is -0.00844. The summed E-state index contributed by atoms with van der Waals surface area (Å²) in [5, 5.41) is 4.40. The minimum absolute atomic E-state index is 0.401. The zero-order chi connectivity index (χ0) is 43.8. The van der Waals surface area contributed by atoms with Crippen LogP contribution in [0.2, 0.25) is 0 Å². The molecule has 0 amide bonds. The second-order valence-electron chi connectivity index (χ2n) is 14.3. The molecule has 0 unspecified atom stereocenters. The normalized spacial score (nSPS) is 19.4. The highest BCUT2D eigenvalue weighted by atomic mass is 32.2. The van der Waals surface area contributed by atoms with Crippen molar-refractivity contribution in [1.82, 2.24) is 0 Å². The fourth-order valence-electron chi connectivity index (χ4n) is 6.74. The number of hydrogen-bond donors (Lipinski definition) is 0. The summed E-state index contributed by atoms with van der Waals surface area (Å²) >= 11 is 10.7. The van der Waals surface area contributed by atoms with E-state index in [1.807, 2.05) is 0 Å². The molecule has 64 heavy (non-hydrogen) atoms. The molecule has 4 aliphatic heterocycles. The second-order valence-corrected chi connectivity index (χ2v) is 20.9. The van der Waals surface area contributed by atoms with Crippen molar-refractivity contribution in [2.24, 2.45) is 0 Å². The van der Waals surface area contributed by atoms with E-state index in [2.05, 4.69) is 61.0 Å². The Morgan fingerprint density at radius 3 is 0.828 bits per heavy atom. The third-order valence-corrected chi connectivity index (χ3v) is 17.4. The molecule has 0 bridgehead atoms. The molecule has 0 saturated heterocycles. The van der Waals surface area contributed by atoms with Crippen molar-refractivity contribution in [2.75, 3.05) is 132 Å². The van der Waals surface area contributed by atoms with Crippen LogP contribution in [-0.2, 0) is 37.9 Å². The number of benzene rings is 2. The van der Waals surface area contributed by atoms with Gasteiger partial charge < -0.3 is 56.8 Å². The Hall–Kier alpha value is -2.40. The summed E-state index contributed by atoms with van der Waals surface area (Å²) in [6.07, 6.45) is 0. The fourth-order valence-corrected chi connectivity index (χ4v) is 13.9. The molecule has 2 aromatic heterocycles. The molecule has 4 aliphatic rings. The summed E-state index contributed by atoms with van der Waals surface area (Å²) in [4.78, 5) is 7.11. The second kappa shape index (κ2) is 25.7. The Morgan fingerprint density at radius 2 is 0.578 bits per heavy atom. The van der Waals surface area contributed by atoms with Gasteiger partial charge in [-0.25, -0.2) is 0 Å². The van der Waals surface area contributed by atoms with E-state index in [0.717, 1.165) is 19.6 Å². The van der Waals surface area contributed by atoms with Gasteiger partial charge in [0.15, 0.2) is 23.0 Å². The van der Waals surface area contributed by atoms with Crippen LogP contribution >= 0.6 is 69.7 Å². The average Bonchev–Trinajstić information content (AvgIpc) is 4.14. The summed E-state index contributed by atoms with van der Waals surface area (Å²) in [6, 6.07) is 12.9. The molecular weight excluding hydrogens is 937 g/mol. The van der Waals surface area contributed by atoms with Crippen molar-refractivity contribution in [1.29, 1.82) is 0 Å². The van der Waals surface area contributed by atoms with E-state index >= 15 is 0 Å². The minimum Gasteiger partial charge on any atom is -0.487 e. The number of hydrogen-bond acceptors (Lipinski definition) is 18. The molecular formula is C46H54O12S6. The van der Waals surface area contributed by atoms with E-state index in [1.165, 1.54) is 40.5 Å². The molecule has 4 aromatic rings. The van der Waals surface area contributed by atoms with Gasteiger partial charge >= 0.3 is 0 Å². The van der Waals surface area contributed by atoms with Crippen LogP contribution in [0.4, 0.5) is 0 Å². The smallest absolute Gasteiger partial charge is 0.162 e. The van der Waals surface area contributed by atoms with Gasteiger partial charge in [-0.15, -0.1) is 22.7 Å². The largest absolute Gasteiger partial charge is 0.487 e. The summed E-state index contributed by atoms with van der Waals surface area (Å²) in [6.45, 7) is 14.0. The van der Waals surface area contributed by atoms with Crippen LogP contribution in [-0.4, -0.2) is 132 Å². The molecule has 6 heterocycles. The lowest BCUT2D eigenvalue weighted by atomic mass is 10.0. The Morgan fingerprint density at radius 1 is 0.344 bits per heavy atom. The summed E-state index contributed by atoms with van der Waals surface area (Å²) in [5.74, 6) is 2.79. The van der Waals surface area contributed by atoms with E-state index in [4.69, 9.17) is 56.8 Å². The van der Waals surface area contributed by atoms with Gasteiger partial charge in [-0.05, 0) is 72.2 Å². The molecule has 0 spiro atoms. The Balaban J connectivity index is 0.968. The highest BCUT2D eigenvalue weighted by molar-refractivity contribution is 8.25. The van der Waals surface area contributed by atoms with E-state index in [0.29, 0.717) is 155 Å². The lowest BCUT2D eigenvalue weighted by Crippen LogP contribution is -2.16. The molecule has 0 fully saturated rings. The van der Waals surface area contributed by atoms with Gasteiger partial charge in [0.2, 0.25) is 0 Å². The van der Waals surface area contributed by atoms with Crippen LogP contribution in [0, 0.1) is 0 Å². The fraction of sp³-hybridized carbons (Fsp3) is 0.478. The molecule has 346 valence electrons. The van der Waals surface area contributed by atoms with E-state index < -0.39 is 0 Å². The van der Waals surface area contributed by atoms with Crippen molar-refractivity contribution in [2.45, 2.75) is 33.4 Å². The molecule has 2 aromatic carbocycles. The van der Waals surface area contributed by atoms with E-state index in [-0.39, 0.29) is 0 Å². The minimum atomic E-state index is 0.401. The molecule has 0 N–H and O–H groups in total. The monoisotopic (exact) mass is 990 g/mol. The van der Waals surface area contributed by atoms with E-state index in [9.17, 15) is 0 Å². The molecule has 0 aliphatic carbocycles. The Bertz CT molecular complexity index is 1940. The van der Waals surface area contributed by atoms with Gasteiger partial charge in [-0.1, -0.05) is 47.0 Å². The summed E-state index contributed by atoms with van der Waals surface area (Å²) in [5.41, 5.74) is 4.98. The van der Waals surface area contributed by atoms with Crippen LogP contribution in [0.1, 0.15) is 23.6 Å². The molecule has 18 heteroatoms. The first-order chi connectivity index (χ1) is 31.6. The van der Waals surface area contributed by atoms with Gasteiger partial charge in [0.1, 0.15) is 26.4 Å². The average molecular weight is 991 g/mol. The first-order valence-corrected chi connectivity index (χ1v) is 26.4. The third-order valence-electron chi connectivity index (χ3n) is 9.92. The van der Waals surface area contributed by atoms with Crippen LogP contribution in [0.15, 0.2) is 75.2 Å². The van der Waals surface area contributed by atoms with Gasteiger partial charge in [0, 0.05) is 40.5 Å². The maximum Gasteiger partial charge on any atom is 0.162 e. The molecule has 0 atom stereocenters. The van der Waals surface area contributed by atoms with Gasteiger partial charge in [-0.2, -0.15) is 0 Å². The number of allylic oxidation sites excluding steroid dienone is 2. The zero-order valence-corrected chi connectivity index (χ0v) is 41.0. The number of ether oxygens (including phenoxy) is 12. The maximum atomic E-state index is 6.24. The van der Waals surface area contributed by atoms with Crippen LogP contribution in [0.25, 0.3) is 22.3 Å². The summed E-state index contributed by atoms with van der Waals surface area (Å²) < 4.78 is 72.8. The Kier molecular flexibility index (Phi) is 19.3. The predicted molar refractivity (Wildman–Crippen MR) is 258 cm³/mol. The number of thioether (sulfide) groups is 4. The number of rotatable bonds is 3. The Labute approximate surface area is 400 Å². The first-order valence-electron chi connectivity index (χ1n) is 21.4. The van der Waals surface area contributed by atoms with Crippen molar-refractivity contribution in [3.05, 3.63) is 65.4 Å². The molecule has 0 saturated carbocycles. The van der Waals surface area contributed by atoms with Gasteiger partial charge in [0.25, 0.3) is 0 Å². The van der Waals surface area contributed by atoms with Crippen LogP contribution < -0.4 is 18.9 Å². The van der Waals surface area contributed by atoms with Crippen molar-refractivity contribution in [3.8, 4) is 34.1 Å². The number of thiophene rings is 2. The lowest BCUT2D eigenvalue weighted by Gasteiger charge is -2.15. The summed E-state index contributed by atoms with van der Waals surface area (Å²) in [7, 11) is 0. The predicted octanol–water partition coefficient (Wildman–Crippen LogP) is 10.3. The highest BCUT2D eigenvalue weighted by Gasteiger charge is 2.28. The van der Waals surface area contributed by atoms with Gasteiger partial charge in [0.05, 0.1) is 114 Å². The maximum absolute atomic E-state index is 6.24. The van der Waals surface area contributed by atoms with Crippen molar-refractivity contribution >= 4 is 80.9 Å². The van der Waals surface area contributed by atoms with Crippen LogP contribution in [0.5, 0.6) is 23.0 Å². The van der Waals surface area contributed by atoms with Crippen molar-refractivity contribution < 1.29 is 56.8 Å². The topological polar surface area (TPSA) is 111 Å². The zero-order valence-electron chi connectivity index (χ0n) is 36.1. The van der Waals surface area contributed by atoms with Crippen LogP contribution in [0.3, 0.4) is 0 Å².